The molecule has 0 atom stereocenters. The van der Waals surface area contributed by atoms with Gasteiger partial charge in [0.25, 0.3) is 5.69 Å². The van der Waals surface area contributed by atoms with Gasteiger partial charge in [0.1, 0.15) is 5.76 Å². The maximum absolute atomic E-state index is 11.5. The van der Waals surface area contributed by atoms with Crippen molar-refractivity contribution in [3.8, 4) is 0 Å². The van der Waals surface area contributed by atoms with Gasteiger partial charge in [-0.15, -0.1) is 10.2 Å². The van der Waals surface area contributed by atoms with Crippen molar-refractivity contribution in [3.05, 3.63) is 45.8 Å². The van der Waals surface area contributed by atoms with Gasteiger partial charge in [0.2, 0.25) is 5.70 Å². The number of benzene rings is 1. The van der Waals surface area contributed by atoms with E-state index >= 15 is 0 Å². The number of esters is 1. The second kappa shape index (κ2) is 6.98. The first-order valence-electron chi connectivity index (χ1n) is 5.68. The van der Waals surface area contributed by atoms with Crippen molar-refractivity contribution >= 4 is 17.3 Å². The lowest BCUT2D eigenvalue weighted by Crippen LogP contribution is -2.07. The standard InChI is InChI=1S/C12H13N3O5/c1-3-20-12(17)11(8(2)16)14-13-9-5-4-6-10(7-9)15(18)19/h4-7,16H,3H2,1-2H3. The van der Waals surface area contributed by atoms with Gasteiger partial charge in [0.05, 0.1) is 17.2 Å². The summed E-state index contributed by atoms with van der Waals surface area (Å²) < 4.78 is 4.70. The number of nitro groups is 1. The maximum Gasteiger partial charge on any atom is 0.362 e. The highest BCUT2D eigenvalue weighted by Gasteiger charge is 2.14. The molecule has 1 aromatic rings. The lowest BCUT2D eigenvalue weighted by molar-refractivity contribution is -0.384. The van der Waals surface area contributed by atoms with Gasteiger partial charge in [-0.2, -0.15) is 0 Å². The smallest absolute Gasteiger partial charge is 0.362 e. The van der Waals surface area contributed by atoms with Crippen LogP contribution in [0.4, 0.5) is 11.4 Å². The molecule has 1 rings (SSSR count). The number of ether oxygens (including phenoxy) is 1. The quantitative estimate of drug-likeness (QED) is 0.222. The molecule has 1 N–H and O–H groups in total. The second-order valence-electron chi connectivity index (χ2n) is 3.63. The van der Waals surface area contributed by atoms with Gasteiger partial charge < -0.3 is 9.84 Å². The summed E-state index contributed by atoms with van der Waals surface area (Å²) in [5, 5.41) is 27.2. The Balaban J connectivity index is 3.00. The Labute approximate surface area is 114 Å². The molecule has 0 unspecified atom stereocenters. The molecule has 0 aliphatic heterocycles. The van der Waals surface area contributed by atoms with Crippen LogP contribution >= 0.6 is 0 Å². The van der Waals surface area contributed by atoms with Gasteiger partial charge in [-0.25, -0.2) is 4.79 Å². The number of hydrogen-bond acceptors (Lipinski definition) is 7. The number of hydrogen-bond donors (Lipinski definition) is 1. The zero-order chi connectivity index (χ0) is 15.1. The first kappa shape index (κ1) is 15.3. The zero-order valence-corrected chi connectivity index (χ0v) is 10.9. The van der Waals surface area contributed by atoms with E-state index < -0.39 is 10.9 Å². The molecule has 0 fully saturated rings. The van der Waals surface area contributed by atoms with Crippen LogP contribution < -0.4 is 0 Å². The number of rotatable bonds is 5. The normalized spacial score (nSPS) is 12.1. The molecule has 0 aliphatic carbocycles. The highest BCUT2D eigenvalue weighted by molar-refractivity contribution is 5.88. The summed E-state index contributed by atoms with van der Waals surface area (Å²) in [7, 11) is 0. The van der Waals surface area contributed by atoms with Crippen molar-refractivity contribution in [1.29, 1.82) is 0 Å². The fraction of sp³-hybridized carbons (Fsp3) is 0.250. The predicted molar refractivity (Wildman–Crippen MR) is 69.6 cm³/mol. The van der Waals surface area contributed by atoms with Crippen LogP contribution in [-0.4, -0.2) is 22.6 Å². The molecule has 8 heteroatoms. The molecule has 0 spiro atoms. The van der Waals surface area contributed by atoms with Gasteiger partial charge in [-0.3, -0.25) is 10.1 Å². The van der Waals surface area contributed by atoms with Crippen LogP contribution in [-0.2, 0) is 9.53 Å². The van der Waals surface area contributed by atoms with Crippen LogP contribution in [0.2, 0.25) is 0 Å². The monoisotopic (exact) mass is 279 g/mol. The molecule has 1 aromatic carbocycles. The van der Waals surface area contributed by atoms with E-state index in [0.717, 1.165) is 0 Å². The summed E-state index contributed by atoms with van der Waals surface area (Å²) in [6.07, 6.45) is 0. The third kappa shape index (κ3) is 4.16. The third-order valence-corrected chi connectivity index (χ3v) is 2.12. The van der Waals surface area contributed by atoms with E-state index in [4.69, 9.17) is 4.74 Å². The summed E-state index contributed by atoms with van der Waals surface area (Å²) in [6.45, 7) is 3.00. The number of nitro benzene ring substituents is 1. The minimum atomic E-state index is -0.818. The molecular formula is C12H13N3O5. The molecule has 0 saturated heterocycles. The summed E-state index contributed by atoms with van der Waals surface area (Å²) in [5.41, 5.74) is -0.315. The Kier molecular flexibility index (Phi) is 5.33. The first-order chi connectivity index (χ1) is 9.45. The second-order valence-corrected chi connectivity index (χ2v) is 3.63. The average Bonchev–Trinajstić information content (AvgIpc) is 2.39. The molecule has 0 radical (unpaired) electrons. The fourth-order valence-electron chi connectivity index (χ4n) is 1.24. The number of allylic oxidation sites excluding steroid dienone is 1. The van der Waals surface area contributed by atoms with Crippen LogP contribution in [0.25, 0.3) is 0 Å². The van der Waals surface area contributed by atoms with Gasteiger partial charge in [0, 0.05) is 12.1 Å². The first-order valence-corrected chi connectivity index (χ1v) is 5.68. The highest BCUT2D eigenvalue weighted by atomic mass is 16.6. The van der Waals surface area contributed by atoms with Gasteiger partial charge in [-0.1, -0.05) is 6.07 Å². The number of carbonyl (C=O) groups is 1. The molecular weight excluding hydrogens is 266 g/mol. The number of carbonyl (C=O) groups excluding carboxylic acids is 1. The van der Waals surface area contributed by atoms with Crippen LogP contribution in [0.1, 0.15) is 13.8 Å². The van der Waals surface area contributed by atoms with E-state index in [-0.39, 0.29) is 29.4 Å². The molecule has 0 aliphatic rings. The van der Waals surface area contributed by atoms with Crippen molar-refractivity contribution in [2.75, 3.05) is 6.61 Å². The Morgan fingerprint density at radius 3 is 2.75 bits per heavy atom. The molecule has 0 amide bonds. The van der Waals surface area contributed by atoms with E-state index in [1.165, 1.54) is 31.2 Å². The molecule has 0 heterocycles. The molecule has 0 aromatic heterocycles. The maximum atomic E-state index is 11.5. The van der Waals surface area contributed by atoms with Gasteiger partial charge >= 0.3 is 5.97 Å². The fourth-order valence-corrected chi connectivity index (χ4v) is 1.24. The van der Waals surface area contributed by atoms with Crippen molar-refractivity contribution in [2.24, 2.45) is 10.2 Å². The summed E-state index contributed by atoms with van der Waals surface area (Å²) in [5.74, 6) is -1.17. The number of aliphatic hydroxyl groups is 1. The summed E-state index contributed by atoms with van der Waals surface area (Å²) in [6, 6.07) is 5.41. The molecule has 8 nitrogen and oxygen atoms in total. The van der Waals surface area contributed by atoms with Crippen molar-refractivity contribution < 1.29 is 19.6 Å². The Bertz CT molecular complexity index is 576. The minimum absolute atomic E-state index is 0.127. The van der Waals surface area contributed by atoms with E-state index in [1.807, 2.05) is 0 Å². The van der Waals surface area contributed by atoms with E-state index in [0.29, 0.717) is 0 Å². The predicted octanol–water partition coefficient (Wildman–Crippen LogP) is 3.03. The topological polar surface area (TPSA) is 114 Å². The third-order valence-electron chi connectivity index (χ3n) is 2.12. The zero-order valence-electron chi connectivity index (χ0n) is 10.9. The number of non-ortho nitro benzene ring substituents is 1. The molecule has 0 bridgehead atoms. The van der Waals surface area contributed by atoms with Crippen LogP contribution in [0.15, 0.2) is 46.0 Å². The Morgan fingerprint density at radius 1 is 1.50 bits per heavy atom. The van der Waals surface area contributed by atoms with E-state index in [1.54, 1.807) is 6.92 Å². The van der Waals surface area contributed by atoms with Crippen LogP contribution in [0.3, 0.4) is 0 Å². The van der Waals surface area contributed by atoms with Gasteiger partial charge in [0.15, 0.2) is 0 Å². The largest absolute Gasteiger partial charge is 0.510 e. The average molecular weight is 279 g/mol. The SMILES string of the molecule is CCOC(=O)C(N=Nc1cccc([N+](=O)[O-])c1)=C(C)O. The van der Waals surface area contributed by atoms with Crippen molar-refractivity contribution in [1.82, 2.24) is 0 Å². The van der Waals surface area contributed by atoms with E-state index in [2.05, 4.69) is 10.2 Å². The lowest BCUT2D eigenvalue weighted by atomic mass is 10.3. The number of aliphatic hydroxyl groups excluding tert-OH is 1. The van der Waals surface area contributed by atoms with Crippen LogP contribution in [0, 0.1) is 10.1 Å². The van der Waals surface area contributed by atoms with E-state index in [9.17, 15) is 20.0 Å². The Hall–Kier alpha value is -2.77. The minimum Gasteiger partial charge on any atom is -0.510 e. The number of azo groups is 1. The summed E-state index contributed by atoms with van der Waals surface area (Å²) in [4.78, 5) is 21.5. The molecule has 20 heavy (non-hydrogen) atoms. The molecule has 106 valence electrons. The van der Waals surface area contributed by atoms with Crippen molar-refractivity contribution in [2.45, 2.75) is 13.8 Å². The van der Waals surface area contributed by atoms with Gasteiger partial charge in [-0.05, 0) is 19.9 Å². The van der Waals surface area contributed by atoms with Crippen LogP contribution in [0.5, 0.6) is 0 Å². The Morgan fingerprint density at radius 2 is 2.20 bits per heavy atom. The summed E-state index contributed by atoms with van der Waals surface area (Å²) >= 11 is 0. The molecule has 0 saturated carbocycles. The lowest BCUT2D eigenvalue weighted by Gasteiger charge is -2.01. The number of nitrogens with zero attached hydrogens (tertiary/aromatic N) is 3. The van der Waals surface area contributed by atoms with Crippen molar-refractivity contribution in [3.63, 3.8) is 0 Å². The highest BCUT2D eigenvalue weighted by Crippen LogP contribution is 2.21.